The summed E-state index contributed by atoms with van der Waals surface area (Å²) < 4.78 is 0. The van der Waals surface area contributed by atoms with Crippen molar-refractivity contribution in [2.45, 2.75) is 32.7 Å². The lowest BCUT2D eigenvalue weighted by Gasteiger charge is -2.18. The number of hydrazine groups is 1. The lowest BCUT2D eigenvalue weighted by Crippen LogP contribution is -2.42. The molecule has 0 fully saturated rings. The van der Waals surface area contributed by atoms with Gasteiger partial charge in [-0.1, -0.05) is 66.7 Å². The summed E-state index contributed by atoms with van der Waals surface area (Å²) in [5.74, 6) is -1.34. The number of carbonyl (C=O) groups is 3. The average molecular weight is 455 g/mol. The molecule has 0 bridgehead atoms. The van der Waals surface area contributed by atoms with E-state index in [0.717, 1.165) is 21.9 Å². The minimum Gasteiger partial charge on any atom is -0.345 e. The number of nitriles is 1. The van der Waals surface area contributed by atoms with E-state index in [2.05, 4.69) is 16.2 Å². The summed E-state index contributed by atoms with van der Waals surface area (Å²) in [6, 6.07) is 22.7. The van der Waals surface area contributed by atoms with E-state index in [9.17, 15) is 14.4 Å². The second kappa shape index (κ2) is 11.4. The van der Waals surface area contributed by atoms with Crippen LogP contribution in [0.2, 0.25) is 0 Å². The highest BCUT2D eigenvalue weighted by atomic mass is 16.2. The maximum absolute atomic E-state index is 13.1. The number of hydrogen-bond donors (Lipinski definition) is 3. The summed E-state index contributed by atoms with van der Waals surface area (Å²) >= 11 is 0. The molecular weight excluding hydrogens is 428 g/mol. The number of nitrogens with zero attached hydrogens (tertiary/aromatic N) is 1. The van der Waals surface area contributed by atoms with Gasteiger partial charge in [-0.3, -0.25) is 25.2 Å². The van der Waals surface area contributed by atoms with Crippen molar-refractivity contribution in [2.75, 3.05) is 0 Å². The van der Waals surface area contributed by atoms with Crippen molar-refractivity contribution >= 4 is 28.5 Å². The molecule has 3 aromatic carbocycles. The van der Waals surface area contributed by atoms with Crippen LogP contribution in [0.4, 0.5) is 0 Å². The molecule has 1 atom stereocenters. The Morgan fingerprint density at radius 1 is 0.971 bits per heavy atom. The maximum Gasteiger partial charge on any atom is 0.279 e. The molecule has 0 radical (unpaired) electrons. The third-order valence-corrected chi connectivity index (χ3v) is 5.49. The largest absolute Gasteiger partial charge is 0.345 e. The van der Waals surface area contributed by atoms with E-state index in [1.807, 2.05) is 55.5 Å². The predicted molar refractivity (Wildman–Crippen MR) is 130 cm³/mol. The van der Waals surface area contributed by atoms with Gasteiger partial charge in [0.15, 0.2) is 0 Å². The third-order valence-electron chi connectivity index (χ3n) is 5.49. The standard InChI is InChI=1S/C27H26N4O3/c1-3-19(17-28)26(33)31-30-25(32)16-15-21-10-5-7-13-24(21)27(34)29-18(2)22-14-8-11-20-9-4-6-12-23(20)22/h3-14,18H,15-16H2,1-2H3,(H,29,34)(H,30,32)(H,31,33)/b19-3-. The summed E-state index contributed by atoms with van der Waals surface area (Å²) in [7, 11) is 0. The molecule has 34 heavy (non-hydrogen) atoms. The predicted octanol–water partition coefficient (Wildman–Crippen LogP) is 3.88. The van der Waals surface area contributed by atoms with E-state index in [0.29, 0.717) is 12.0 Å². The molecule has 0 spiro atoms. The van der Waals surface area contributed by atoms with Crippen molar-refractivity contribution in [2.24, 2.45) is 0 Å². The van der Waals surface area contributed by atoms with Crippen LogP contribution in [0.1, 0.15) is 47.8 Å². The molecule has 172 valence electrons. The molecule has 0 heterocycles. The van der Waals surface area contributed by atoms with Crippen LogP contribution in [-0.2, 0) is 16.0 Å². The third kappa shape index (κ3) is 5.87. The van der Waals surface area contributed by atoms with Gasteiger partial charge in [-0.2, -0.15) is 5.26 Å². The molecule has 3 aromatic rings. The summed E-state index contributed by atoms with van der Waals surface area (Å²) in [5, 5.41) is 14.1. The Labute approximate surface area is 198 Å². The van der Waals surface area contributed by atoms with Crippen molar-refractivity contribution in [3.63, 3.8) is 0 Å². The first-order valence-electron chi connectivity index (χ1n) is 11.0. The first-order chi connectivity index (χ1) is 16.4. The van der Waals surface area contributed by atoms with Crippen molar-refractivity contribution < 1.29 is 14.4 Å². The zero-order valence-corrected chi connectivity index (χ0v) is 19.1. The van der Waals surface area contributed by atoms with E-state index in [1.165, 1.54) is 6.08 Å². The summed E-state index contributed by atoms with van der Waals surface area (Å²) in [5.41, 5.74) is 6.64. The Hall–Kier alpha value is -4.44. The first kappa shape index (κ1) is 24.2. The quantitative estimate of drug-likeness (QED) is 0.286. The Morgan fingerprint density at radius 3 is 2.44 bits per heavy atom. The van der Waals surface area contributed by atoms with Gasteiger partial charge in [0.2, 0.25) is 5.91 Å². The minimum absolute atomic E-state index is 0.0567. The smallest absolute Gasteiger partial charge is 0.279 e. The molecule has 7 heteroatoms. The van der Waals surface area contributed by atoms with Crippen LogP contribution in [0.15, 0.2) is 78.4 Å². The topological polar surface area (TPSA) is 111 Å². The van der Waals surface area contributed by atoms with Crippen LogP contribution in [0.25, 0.3) is 10.8 Å². The lowest BCUT2D eigenvalue weighted by molar-refractivity contribution is -0.127. The highest BCUT2D eigenvalue weighted by Gasteiger charge is 2.17. The number of aryl methyl sites for hydroxylation is 1. The Kier molecular flexibility index (Phi) is 8.14. The van der Waals surface area contributed by atoms with Gasteiger partial charge in [-0.25, -0.2) is 0 Å². The Bertz CT molecular complexity index is 1290. The van der Waals surface area contributed by atoms with Crippen LogP contribution in [0.3, 0.4) is 0 Å². The lowest BCUT2D eigenvalue weighted by atomic mass is 9.98. The van der Waals surface area contributed by atoms with Gasteiger partial charge in [0.1, 0.15) is 11.6 Å². The molecular formula is C27H26N4O3. The molecule has 1 unspecified atom stereocenters. The maximum atomic E-state index is 13.1. The molecule has 3 amide bonds. The second-order valence-corrected chi connectivity index (χ2v) is 7.74. The zero-order valence-electron chi connectivity index (χ0n) is 19.1. The highest BCUT2D eigenvalue weighted by Crippen LogP contribution is 2.24. The number of nitrogens with one attached hydrogen (secondary N) is 3. The highest BCUT2D eigenvalue weighted by molar-refractivity contribution is 5.98. The summed E-state index contributed by atoms with van der Waals surface area (Å²) in [4.78, 5) is 37.0. The molecule has 3 rings (SSSR count). The zero-order chi connectivity index (χ0) is 24.5. The van der Waals surface area contributed by atoms with E-state index in [4.69, 9.17) is 5.26 Å². The van der Waals surface area contributed by atoms with Gasteiger partial charge in [-0.15, -0.1) is 0 Å². The van der Waals surface area contributed by atoms with Gasteiger partial charge in [-0.05, 0) is 48.2 Å². The van der Waals surface area contributed by atoms with Gasteiger partial charge in [0.05, 0.1) is 6.04 Å². The van der Waals surface area contributed by atoms with Crippen molar-refractivity contribution in [1.82, 2.24) is 16.2 Å². The number of hydrogen-bond acceptors (Lipinski definition) is 4. The van der Waals surface area contributed by atoms with Crippen molar-refractivity contribution in [3.05, 3.63) is 95.1 Å². The van der Waals surface area contributed by atoms with E-state index >= 15 is 0 Å². The van der Waals surface area contributed by atoms with E-state index < -0.39 is 11.8 Å². The molecule has 0 aliphatic heterocycles. The Balaban J connectivity index is 1.64. The molecule has 3 N–H and O–H groups in total. The van der Waals surface area contributed by atoms with Crippen molar-refractivity contribution in [1.29, 1.82) is 5.26 Å². The second-order valence-electron chi connectivity index (χ2n) is 7.74. The van der Waals surface area contributed by atoms with Crippen LogP contribution in [0.5, 0.6) is 0 Å². The number of amides is 3. The fourth-order valence-corrected chi connectivity index (χ4v) is 3.69. The number of benzene rings is 3. The summed E-state index contributed by atoms with van der Waals surface area (Å²) in [6.07, 6.45) is 1.72. The van der Waals surface area contributed by atoms with Crippen molar-refractivity contribution in [3.8, 4) is 6.07 Å². The van der Waals surface area contributed by atoms with Gasteiger partial charge >= 0.3 is 0 Å². The van der Waals surface area contributed by atoms with Crippen LogP contribution in [-0.4, -0.2) is 17.7 Å². The van der Waals surface area contributed by atoms with E-state index in [1.54, 1.807) is 31.2 Å². The van der Waals surface area contributed by atoms with Crippen LogP contribution >= 0.6 is 0 Å². The Morgan fingerprint density at radius 2 is 1.68 bits per heavy atom. The number of fused-ring (bicyclic) bond motifs is 1. The molecule has 0 saturated carbocycles. The molecule has 0 saturated heterocycles. The number of allylic oxidation sites excluding steroid dienone is 1. The van der Waals surface area contributed by atoms with Gasteiger partial charge in [0.25, 0.3) is 11.8 Å². The van der Waals surface area contributed by atoms with E-state index in [-0.39, 0.29) is 23.9 Å². The molecule has 0 aliphatic carbocycles. The monoisotopic (exact) mass is 454 g/mol. The first-order valence-corrected chi connectivity index (χ1v) is 11.0. The normalized spacial score (nSPS) is 11.9. The SMILES string of the molecule is C/C=C(/C#N)C(=O)NNC(=O)CCc1ccccc1C(=O)NC(C)c1cccc2ccccc12. The molecule has 0 aliphatic rings. The number of rotatable bonds is 7. The average Bonchev–Trinajstić information content (AvgIpc) is 2.86. The van der Waals surface area contributed by atoms with Crippen LogP contribution < -0.4 is 16.2 Å². The fourth-order valence-electron chi connectivity index (χ4n) is 3.69. The van der Waals surface area contributed by atoms with Gasteiger partial charge < -0.3 is 5.32 Å². The fraction of sp³-hybridized carbons (Fsp3) is 0.185. The summed E-state index contributed by atoms with van der Waals surface area (Å²) in [6.45, 7) is 3.50. The van der Waals surface area contributed by atoms with Gasteiger partial charge in [0, 0.05) is 12.0 Å². The molecule has 0 aromatic heterocycles. The minimum atomic E-state index is -0.680. The van der Waals surface area contributed by atoms with Crippen LogP contribution in [0, 0.1) is 11.3 Å². The number of carbonyl (C=O) groups excluding carboxylic acids is 3. The molecule has 7 nitrogen and oxygen atoms in total.